The van der Waals surface area contributed by atoms with Gasteiger partial charge < -0.3 is 15.4 Å². The van der Waals surface area contributed by atoms with Gasteiger partial charge in [0.2, 0.25) is 5.91 Å². The molecule has 0 atom stereocenters. The SMILES string of the molecule is [2H]C([2H])([2H])N1CC(=O)OCCCCCCCCCCCCCC(=O)N=C1N. The van der Waals surface area contributed by atoms with E-state index in [1.807, 2.05) is 0 Å². The van der Waals surface area contributed by atoms with E-state index < -0.39 is 31.4 Å². The molecule has 0 saturated carbocycles. The molecule has 6 heteroatoms. The lowest BCUT2D eigenvalue weighted by atomic mass is 10.1. The number of esters is 1. The number of hydrogen-bond acceptors (Lipinski definition) is 5. The van der Waals surface area contributed by atoms with Gasteiger partial charge in [-0.2, -0.15) is 4.99 Å². The van der Waals surface area contributed by atoms with Gasteiger partial charge in [0, 0.05) is 17.5 Å². The van der Waals surface area contributed by atoms with Gasteiger partial charge in [-0.25, -0.2) is 0 Å². The number of likely N-dealkylation sites (N-methyl/N-ethyl adjacent to an activating group) is 1. The maximum Gasteiger partial charge on any atom is 0.325 e. The molecule has 1 rings (SSSR count). The van der Waals surface area contributed by atoms with Gasteiger partial charge in [-0.15, -0.1) is 0 Å². The van der Waals surface area contributed by atoms with Crippen molar-refractivity contribution in [1.29, 1.82) is 0 Å². The molecule has 0 aromatic rings. The Labute approximate surface area is 150 Å². The van der Waals surface area contributed by atoms with Crippen molar-refractivity contribution in [3.63, 3.8) is 0 Å². The van der Waals surface area contributed by atoms with Crippen LogP contribution in [0.4, 0.5) is 0 Å². The number of nitrogens with zero attached hydrogens (tertiary/aromatic N) is 2. The van der Waals surface area contributed by atoms with E-state index in [0.29, 0.717) is 11.3 Å². The molecule has 1 aliphatic rings. The minimum atomic E-state index is -2.68. The number of guanidine groups is 1. The first-order valence-electron chi connectivity index (χ1n) is 10.6. The molecule has 2 N–H and O–H groups in total. The van der Waals surface area contributed by atoms with Crippen LogP contribution in [0.5, 0.6) is 0 Å². The van der Waals surface area contributed by atoms with E-state index in [-0.39, 0.29) is 13.0 Å². The molecular weight excluding hydrogens is 306 g/mol. The number of cyclic esters (lactones) is 1. The highest BCUT2D eigenvalue weighted by atomic mass is 16.5. The number of ether oxygens (including phenoxy) is 1. The molecule has 1 aliphatic heterocycles. The smallest absolute Gasteiger partial charge is 0.325 e. The van der Waals surface area contributed by atoms with E-state index in [2.05, 4.69) is 4.99 Å². The summed E-state index contributed by atoms with van der Waals surface area (Å²) in [6, 6.07) is 0. The van der Waals surface area contributed by atoms with Crippen molar-refractivity contribution in [3.8, 4) is 0 Å². The van der Waals surface area contributed by atoms with E-state index in [0.717, 1.165) is 32.1 Å². The van der Waals surface area contributed by atoms with Gasteiger partial charge in [0.15, 0.2) is 5.96 Å². The highest BCUT2D eigenvalue weighted by Crippen LogP contribution is 2.12. The summed E-state index contributed by atoms with van der Waals surface area (Å²) < 4.78 is 27.7. The fraction of sp³-hybridized carbons (Fsp3) is 0.833. The van der Waals surface area contributed by atoms with Crippen molar-refractivity contribution in [2.75, 3.05) is 20.1 Å². The molecule has 0 aromatic heterocycles. The summed E-state index contributed by atoms with van der Waals surface area (Å²) in [6.07, 6.45) is 11.8. The Morgan fingerprint density at radius 3 is 2.08 bits per heavy atom. The number of carbonyl (C=O) groups excluding carboxylic acids is 2. The Hall–Kier alpha value is -1.59. The van der Waals surface area contributed by atoms with Crippen LogP contribution in [0.1, 0.15) is 81.2 Å². The average Bonchev–Trinajstić information content (AvgIpc) is 2.58. The molecular formula is C18H33N3O3. The van der Waals surface area contributed by atoms with Crippen molar-refractivity contribution in [2.24, 2.45) is 10.7 Å². The quantitative estimate of drug-likeness (QED) is 0.684. The lowest BCUT2D eigenvalue weighted by molar-refractivity contribution is -0.144. The zero-order chi connectivity index (χ0) is 20.1. The third-order valence-electron chi connectivity index (χ3n) is 4.10. The largest absolute Gasteiger partial charge is 0.464 e. The Morgan fingerprint density at radius 1 is 0.958 bits per heavy atom. The third-order valence-corrected chi connectivity index (χ3v) is 4.10. The normalized spacial score (nSPS) is 24.1. The second kappa shape index (κ2) is 12.8. The molecule has 1 heterocycles. The van der Waals surface area contributed by atoms with Gasteiger partial charge in [0.05, 0.1) is 6.61 Å². The number of aliphatic imine (C=N–C) groups is 1. The Bertz CT molecular complexity index is 496. The lowest BCUT2D eigenvalue weighted by Crippen LogP contribution is -2.39. The molecule has 24 heavy (non-hydrogen) atoms. The van der Waals surface area contributed by atoms with E-state index in [9.17, 15) is 9.59 Å². The first kappa shape index (κ1) is 15.9. The van der Waals surface area contributed by atoms with E-state index in [4.69, 9.17) is 14.6 Å². The van der Waals surface area contributed by atoms with Crippen molar-refractivity contribution >= 4 is 17.8 Å². The number of nitrogens with two attached hydrogens (primary N) is 1. The number of carbonyl (C=O) groups is 2. The predicted molar refractivity (Wildman–Crippen MR) is 95.6 cm³/mol. The van der Waals surface area contributed by atoms with Crippen molar-refractivity contribution in [3.05, 3.63) is 0 Å². The highest BCUT2D eigenvalue weighted by Gasteiger charge is 2.11. The van der Waals surface area contributed by atoms with Gasteiger partial charge in [0.1, 0.15) is 6.54 Å². The molecule has 1 amide bonds. The molecule has 0 saturated heterocycles. The summed E-state index contributed by atoms with van der Waals surface area (Å²) in [5.41, 5.74) is 5.69. The molecule has 0 aliphatic carbocycles. The van der Waals surface area contributed by atoms with Crippen molar-refractivity contribution < 1.29 is 18.4 Å². The first-order chi connectivity index (χ1) is 12.8. The molecule has 0 aromatic carbocycles. The summed E-state index contributed by atoms with van der Waals surface area (Å²) in [7, 11) is 0. The van der Waals surface area contributed by atoms with Crippen LogP contribution in [-0.2, 0) is 14.3 Å². The number of amides is 1. The van der Waals surface area contributed by atoms with Gasteiger partial charge in [0.25, 0.3) is 0 Å². The van der Waals surface area contributed by atoms with Crippen LogP contribution < -0.4 is 5.73 Å². The monoisotopic (exact) mass is 342 g/mol. The van der Waals surface area contributed by atoms with Crippen LogP contribution in [-0.4, -0.2) is 42.9 Å². The first-order valence-corrected chi connectivity index (χ1v) is 9.11. The van der Waals surface area contributed by atoms with Gasteiger partial charge >= 0.3 is 5.97 Å². The second-order valence-corrected chi connectivity index (χ2v) is 6.31. The fourth-order valence-corrected chi connectivity index (χ4v) is 2.66. The van der Waals surface area contributed by atoms with E-state index >= 15 is 0 Å². The summed E-state index contributed by atoms with van der Waals surface area (Å²) in [5, 5.41) is 0. The minimum Gasteiger partial charge on any atom is -0.464 e. The number of hydrogen-bond donors (Lipinski definition) is 1. The summed E-state index contributed by atoms with van der Waals surface area (Å²) in [6.45, 7) is -2.98. The van der Waals surface area contributed by atoms with Gasteiger partial charge in [-0.3, -0.25) is 9.59 Å². The van der Waals surface area contributed by atoms with Crippen LogP contribution >= 0.6 is 0 Å². The Morgan fingerprint density at radius 2 is 1.50 bits per heavy atom. The maximum absolute atomic E-state index is 11.9. The average molecular weight is 342 g/mol. The van der Waals surface area contributed by atoms with E-state index in [1.54, 1.807) is 0 Å². The van der Waals surface area contributed by atoms with Crippen molar-refractivity contribution in [2.45, 2.75) is 77.0 Å². The summed E-state index contributed by atoms with van der Waals surface area (Å²) in [4.78, 5) is 28.2. The Kier molecular flexibility index (Phi) is 8.48. The van der Waals surface area contributed by atoms with Crippen LogP contribution in [0.15, 0.2) is 4.99 Å². The predicted octanol–water partition coefficient (Wildman–Crippen LogP) is 3.00. The molecule has 0 spiro atoms. The van der Waals surface area contributed by atoms with Crippen molar-refractivity contribution in [1.82, 2.24) is 4.90 Å². The standard InChI is InChI=1S/C18H33N3O3/c1-21-15-17(23)24-14-12-10-8-6-4-2-3-5-7-9-11-13-16(22)20-18(21)19/h2-15H2,1H3,(H2,19,20,22)/i1D3. The van der Waals surface area contributed by atoms with Crippen LogP contribution in [0.3, 0.4) is 0 Å². The maximum atomic E-state index is 11.9. The Balaban J connectivity index is 2.69. The lowest BCUT2D eigenvalue weighted by Gasteiger charge is -2.16. The third kappa shape index (κ3) is 10.2. The number of rotatable bonds is 0. The van der Waals surface area contributed by atoms with Gasteiger partial charge in [-0.1, -0.05) is 57.8 Å². The summed E-state index contributed by atoms with van der Waals surface area (Å²) in [5.74, 6) is -1.62. The highest BCUT2D eigenvalue weighted by molar-refractivity contribution is 5.93. The molecule has 0 radical (unpaired) electrons. The molecule has 0 unspecified atom stereocenters. The topological polar surface area (TPSA) is 85.0 Å². The molecule has 138 valence electrons. The van der Waals surface area contributed by atoms with Gasteiger partial charge in [-0.05, 0) is 12.8 Å². The minimum absolute atomic E-state index is 0.222. The zero-order valence-electron chi connectivity index (χ0n) is 17.6. The fourth-order valence-electron chi connectivity index (χ4n) is 2.66. The van der Waals surface area contributed by atoms with Crippen LogP contribution in [0.2, 0.25) is 0 Å². The van der Waals surface area contributed by atoms with E-state index in [1.165, 1.54) is 32.1 Å². The second-order valence-electron chi connectivity index (χ2n) is 6.31. The van der Waals surface area contributed by atoms with Crippen LogP contribution in [0.25, 0.3) is 0 Å². The molecule has 0 fully saturated rings. The molecule has 0 bridgehead atoms. The molecule has 6 nitrogen and oxygen atoms in total. The van der Waals surface area contributed by atoms with Crippen LogP contribution in [0, 0.1) is 0 Å². The zero-order valence-corrected chi connectivity index (χ0v) is 14.6. The summed E-state index contributed by atoms with van der Waals surface area (Å²) >= 11 is 0.